The average molecular weight is 278 g/mol. The molecule has 1 N–H and O–H groups in total. The van der Waals surface area contributed by atoms with Crippen LogP contribution in [-0.4, -0.2) is 17.5 Å². The molecule has 0 amide bonds. The number of benzene rings is 1. The molecule has 0 aromatic heterocycles. The van der Waals surface area contributed by atoms with Crippen molar-refractivity contribution in [3.8, 4) is 11.5 Å². The van der Waals surface area contributed by atoms with Gasteiger partial charge in [0.1, 0.15) is 11.5 Å². The second-order valence-corrected chi connectivity index (χ2v) is 4.95. The van der Waals surface area contributed by atoms with Gasteiger partial charge in [-0.05, 0) is 31.4 Å². The highest BCUT2D eigenvalue weighted by Crippen LogP contribution is 2.37. The minimum atomic E-state index is -0.0137. The molecule has 1 aromatic rings. The van der Waals surface area contributed by atoms with Crippen molar-refractivity contribution in [1.82, 2.24) is 0 Å². The second-order valence-electron chi connectivity index (χ2n) is 4.95. The summed E-state index contributed by atoms with van der Waals surface area (Å²) in [6.45, 7) is 8.48. The van der Waals surface area contributed by atoms with Gasteiger partial charge in [0.05, 0.1) is 12.2 Å². The Balaban J connectivity index is 3.47. The van der Waals surface area contributed by atoms with Crippen LogP contribution in [-0.2, 0) is 12.8 Å². The summed E-state index contributed by atoms with van der Waals surface area (Å²) in [5.74, 6) is 0.878. The third-order valence-electron chi connectivity index (χ3n) is 3.35. The Kier molecular flexibility index (Phi) is 6.56. The maximum absolute atomic E-state index is 12.0. The van der Waals surface area contributed by atoms with Crippen LogP contribution < -0.4 is 4.74 Å². The van der Waals surface area contributed by atoms with E-state index in [0.29, 0.717) is 18.6 Å². The molecule has 0 radical (unpaired) electrons. The Morgan fingerprint density at radius 1 is 1.15 bits per heavy atom. The zero-order chi connectivity index (χ0) is 15.1. The van der Waals surface area contributed by atoms with Gasteiger partial charge < -0.3 is 9.84 Å². The Labute approximate surface area is 122 Å². The predicted octanol–water partition coefficient (Wildman–Crippen LogP) is 4.29. The molecule has 0 aliphatic rings. The number of aryl methyl sites for hydroxylation is 1. The lowest BCUT2D eigenvalue weighted by atomic mass is 9.94. The van der Waals surface area contributed by atoms with Crippen LogP contribution in [0.25, 0.3) is 0 Å². The number of carbonyl (C=O) groups excluding carboxylic acids is 1. The summed E-state index contributed by atoms with van der Waals surface area (Å²) in [7, 11) is 0. The van der Waals surface area contributed by atoms with Gasteiger partial charge in [-0.3, -0.25) is 4.79 Å². The number of ether oxygens (including phenoxy) is 1. The van der Waals surface area contributed by atoms with Crippen molar-refractivity contribution >= 4 is 5.78 Å². The van der Waals surface area contributed by atoms with Crippen molar-refractivity contribution in [3.63, 3.8) is 0 Å². The van der Waals surface area contributed by atoms with Crippen LogP contribution >= 0.6 is 0 Å². The van der Waals surface area contributed by atoms with Crippen LogP contribution in [0.3, 0.4) is 0 Å². The second kappa shape index (κ2) is 7.93. The van der Waals surface area contributed by atoms with Gasteiger partial charge in [-0.25, -0.2) is 0 Å². The summed E-state index contributed by atoms with van der Waals surface area (Å²) >= 11 is 0. The van der Waals surface area contributed by atoms with Gasteiger partial charge in [-0.15, -0.1) is 0 Å². The molecule has 0 aliphatic carbocycles. The largest absolute Gasteiger partial charge is 0.507 e. The van der Waals surface area contributed by atoms with Crippen molar-refractivity contribution in [2.24, 2.45) is 0 Å². The summed E-state index contributed by atoms with van der Waals surface area (Å²) in [5, 5.41) is 10.4. The monoisotopic (exact) mass is 278 g/mol. The quantitative estimate of drug-likeness (QED) is 0.722. The maximum atomic E-state index is 12.0. The summed E-state index contributed by atoms with van der Waals surface area (Å²) in [6.07, 6.45) is 3.87. The SMILES string of the molecule is CCCc1cc(C(=O)CC)c(O)c(CCC)c1OCC. The zero-order valence-corrected chi connectivity index (χ0v) is 13.1. The summed E-state index contributed by atoms with van der Waals surface area (Å²) in [4.78, 5) is 12.0. The van der Waals surface area contributed by atoms with E-state index in [2.05, 4.69) is 13.8 Å². The molecule has 1 rings (SSSR count). The topological polar surface area (TPSA) is 46.5 Å². The van der Waals surface area contributed by atoms with Crippen LogP contribution in [0.4, 0.5) is 0 Å². The van der Waals surface area contributed by atoms with E-state index >= 15 is 0 Å². The minimum Gasteiger partial charge on any atom is -0.507 e. The van der Waals surface area contributed by atoms with Gasteiger partial charge >= 0.3 is 0 Å². The van der Waals surface area contributed by atoms with E-state index in [1.807, 2.05) is 19.9 Å². The van der Waals surface area contributed by atoms with Crippen molar-refractivity contribution in [1.29, 1.82) is 0 Å². The van der Waals surface area contributed by atoms with E-state index in [0.717, 1.165) is 42.6 Å². The number of aromatic hydroxyl groups is 1. The van der Waals surface area contributed by atoms with Crippen molar-refractivity contribution in [3.05, 3.63) is 22.8 Å². The number of hydrogen-bond acceptors (Lipinski definition) is 3. The van der Waals surface area contributed by atoms with Crippen LogP contribution in [0.15, 0.2) is 6.07 Å². The molecule has 0 saturated carbocycles. The molecule has 20 heavy (non-hydrogen) atoms. The number of ketones is 1. The number of carbonyl (C=O) groups is 1. The first-order valence-corrected chi connectivity index (χ1v) is 7.64. The lowest BCUT2D eigenvalue weighted by Crippen LogP contribution is -2.07. The fourth-order valence-corrected chi connectivity index (χ4v) is 2.44. The Hall–Kier alpha value is -1.51. The van der Waals surface area contributed by atoms with Gasteiger partial charge in [0.15, 0.2) is 5.78 Å². The molecule has 3 nitrogen and oxygen atoms in total. The van der Waals surface area contributed by atoms with Gasteiger partial charge in [-0.1, -0.05) is 33.6 Å². The Morgan fingerprint density at radius 2 is 1.80 bits per heavy atom. The lowest BCUT2D eigenvalue weighted by Gasteiger charge is -2.18. The van der Waals surface area contributed by atoms with Crippen LogP contribution in [0.2, 0.25) is 0 Å². The molecular formula is C17H26O3. The van der Waals surface area contributed by atoms with Crippen molar-refractivity contribution in [2.75, 3.05) is 6.61 Å². The average Bonchev–Trinajstić information content (AvgIpc) is 2.45. The van der Waals surface area contributed by atoms with E-state index in [1.54, 1.807) is 0 Å². The summed E-state index contributed by atoms with van der Waals surface area (Å²) in [5.41, 5.74) is 2.27. The highest BCUT2D eigenvalue weighted by atomic mass is 16.5. The van der Waals surface area contributed by atoms with E-state index in [4.69, 9.17) is 4.74 Å². The molecule has 112 valence electrons. The maximum Gasteiger partial charge on any atom is 0.166 e. The van der Waals surface area contributed by atoms with Crippen LogP contribution in [0.1, 0.15) is 68.4 Å². The van der Waals surface area contributed by atoms with Gasteiger partial charge in [0, 0.05) is 12.0 Å². The van der Waals surface area contributed by atoms with Crippen LogP contribution in [0, 0.1) is 0 Å². The molecule has 0 unspecified atom stereocenters. The third-order valence-corrected chi connectivity index (χ3v) is 3.35. The van der Waals surface area contributed by atoms with Gasteiger partial charge in [-0.2, -0.15) is 0 Å². The Morgan fingerprint density at radius 3 is 2.30 bits per heavy atom. The number of phenols is 1. The first kappa shape index (κ1) is 16.5. The number of Topliss-reactive ketones (excluding diaryl/α,β-unsaturated/α-hetero) is 1. The molecule has 0 saturated heterocycles. The standard InChI is InChI=1S/C17H26O3/c1-5-9-12-11-14(15(18)7-3)16(19)13(10-6-2)17(12)20-8-4/h11,19H,5-10H2,1-4H3. The first-order valence-electron chi connectivity index (χ1n) is 7.64. The molecule has 0 heterocycles. The Bertz CT molecular complexity index is 464. The van der Waals surface area contributed by atoms with Crippen LogP contribution in [0.5, 0.6) is 11.5 Å². The first-order chi connectivity index (χ1) is 9.60. The van der Waals surface area contributed by atoms with Crippen molar-refractivity contribution < 1.29 is 14.6 Å². The fraction of sp³-hybridized carbons (Fsp3) is 0.588. The molecular weight excluding hydrogens is 252 g/mol. The molecule has 1 aromatic carbocycles. The number of rotatable bonds is 8. The predicted molar refractivity (Wildman–Crippen MR) is 81.9 cm³/mol. The number of hydrogen-bond donors (Lipinski definition) is 1. The summed E-state index contributed by atoms with van der Waals surface area (Å²) < 4.78 is 5.75. The van der Waals surface area contributed by atoms with Gasteiger partial charge in [0.2, 0.25) is 0 Å². The van der Waals surface area contributed by atoms with E-state index in [1.165, 1.54) is 0 Å². The number of phenolic OH excluding ortho intramolecular Hbond substituents is 1. The molecule has 3 heteroatoms. The molecule has 0 atom stereocenters. The van der Waals surface area contributed by atoms with Crippen molar-refractivity contribution in [2.45, 2.75) is 59.8 Å². The zero-order valence-electron chi connectivity index (χ0n) is 13.1. The van der Waals surface area contributed by atoms with Gasteiger partial charge in [0.25, 0.3) is 0 Å². The molecule has 0 bridgehead atoms. The normalized spacial score (nSPS) is 10.6. The molecule has 0 fully saturated rings. The lowest BCUT2D eigenvalue weighted by molar-refractivity contribution is 0.0985. The highest BCUT2D eigenvalue weighted by Gasteiger charge is 2.20. The van der Waals surface area contributed by atoms with E-state index in [-0.39, 0.29) is 11.5 Å². The highest BCUT2D eigenvalue weighted by molar-refractivity contribution is 5.99. The molecule has 0 spiro atoms. The molecule has 0 aliphatic heterocycles. The third kappa shape index (κ3) is 3.53. The van der Waals surface area contributed by atoms with E-state index < -0.39 is 0 Å². The minimum absolute atomic E-state index is 0.0137. The fourth-order valence-electron chi connectivity index (χ4n) is 2.44. The summed E-state index contributed by atoms with van der Waals surface area (Å²) in [6, 6.07) is 1.81. The smallest absolute Gasteiger partial charge is 0.166 e. The van der Waals surface area contributed by atoms with E-state index in [9.17, 15) is 9.90 Å².